The molecule has 0 unspecified atom stereocenters. The van der Waals surface area contributed by atoms with Crippen LogP contribution in [0, 0.1) is 11.3 Å². The number of hydrogen-bond acceptors (Lipinski definition) is 5. The molecule has 0 saturated carbocycles. The molecular weight excluding hydrogens is 405 g/mol. The quantitative estimate of drug-likeness (QED) is 0.354. The molecule has 0 fully saturated rings. The third-order valence-electron chi connectivity index (χ3n) is 3.53. The second-order valence-electron chi connectivity index (χ2n) is 5.36. The van der Waals surface area contributed by atoms with Crippen molar-refractivity contribution in [2.45, 2.75) is 5.16 Å². The van der Waals surface area contributed by atoms with Gasteiger partial charge in [-0.25, -0.2) is 4.98 Å². The Hall–Kier alpha value is -2.46. The van der Waals surface area contributed by atoms with E-state index in [2.05, 4.69) is 9.97 Å². The summed E-state index contributed by atoms with van der Waals surface area (Å²) >= 11 is 13.1. The van der Waals surface area contributed by atoms with E-state index in [1.807, 2.05) is 6.07 Å². The van der Waals surface area contributed by atoms with E-state index < -0.39 is 5.56 Å². The second kappa shape index (κ2) is 8.96. The SMILES string of the molecule is N#Cc1c(-c2ccc(Cl)cc2)nc(SCCOc2ccc(Cl)cc2)[nH]c1=O. The molecule has 0 aliphatic rings. The normalized spacial score (nSPS) is 10.4. The Morgan fingerprint density at radius 1 is 1.07 bits per heavy atom. The van der Waals surface area contributed by atoms with Crippen LogP contribution in [0.15, 0.2) is 58.5 Å². The van der Waals surface area contributed by atoms with E-state index in [-0.39, 0.29) is 5.56 Å². The van der Waals surface area contributed by atoms with Crippen LogP contribution in [0.5, 0.6) is 5.75 Å². The number of aromatic nitrogens is 2. The molecule has 5 nitrogen and oxygen atoms in total. The largest absolute Gasteiger partial charge is 0.493 e. The molecule has 0 bridgehead atoms. The Morgan fingerprint density at radius 2 is 1.70 bits per heavy atom. The molecule has 27 heavy (non-hydrogen) atoms. The van der Waals surface area contributed by atoms with Gasteiger partial charge in [-0.2, -0.15) is 5.26 Å². The summed E-state index contributed by atoms with van der Waals surface area (Å²) in [6, 6.07) is 15.8. The van der Waals surface area contributed by atoms with E-state index in [1.165, 1.54) is 11.8 Å². The molecule has 3 rings (SSSR count). The Balaban J connectivity index is 1.72. The third-order valence-corrected chi connectivity index (χ3v) is 4.87. The van der Waals surface area contributed by atoms with Crippen LogP contribution in [-0.4, -0.2) is 22.3 Å². The van der Waals surface area contributed by atoms with Gasteiger partial charge in [0.1, 0.15) is 17.4 Å². The molecule has 136 valence electrons. The molecule has 0 radical (unpaired) electrons. The zero-order valence-electron chi connectivity index (χ0n) is 13.9. The maximum Gasteiger partial charge on any atom is 0.270 e. The molecule has 3 aromatic rings. The number of benzene rings is 2. The van der Waals surface area contributed by atoms with Crippen LogP contribution in [-0.2, 0) is 0 Å². The van der Waals surface area contributed by atoms with Gasteiger partial charge in [0, 0.05) is 21.4 Å². The first-order valence-corrected chi connectivity index (χ1v) is 9.62. The van der Waals surface area contributed by atoms with E-state index in [0.717, 1.165) is 0 Å². The first kappa shape index (κ1) is 19.3. The highest BCUT2D eigenvalue weighted by atomic mass is 35.5. The summed E-state index contributed by atoms with van der Waals surface area (Å²) in [4.78, 5) is 19.3. The molecule has 0 spiro atoms. The summed E-state index contributed by atoms with van der Waals surface area (Å²) in [5.74, 6) is 1.28. The second-order valence-corrected chi connectivity index (χ2v) is 7.32. The molecule has 0 aliphatic carbocycles. The summed E-state index contributed by atoms with van der Waals surface area (Å²) in [5, 5.41) is 10.9. The number of H-pyrrole nitrogens is 1. The fourth-order valence-electron chi connectivity index (χ4n) is 2.27. The van der Waals surface area contributed by atoms with Crippen LogP contribution < -0.4 is 10.3 Å². The van der Waals surface area contributed by atoms with Gasteiger partial charge >= 0.3 is 0 Å². The van der Waals surface area contributed by atoms with Crippen molar-refractivity contribution >= 4 is 35.0 Å². The highest BCUT2D eigenvalue weighted by Crippen LogP contribution is 2.23. The van der Waals surface area contributed by atoms with E-state index in [4.69, 9.17) is 27.9 Å². The van der Waals surface area contributed by atoms with Gasteiger partial charge in [-0.05, 0) is 36.4 Å². The predicted molar refractivity (Wildman–Crippen MR) is 108 cm³/mol. The third kappa shape index (κ3) is 5.04. The monoisotopic (exact) mass is 417 g/mol. The van der Waals surface area contributed by atoms with Crippen molar-refractivity contribution in [3.8, 4) is 23.1 Å². The fraction of sp³-hybridized carbons (Fsp3) is 0.105. The maximum absolute atomic E-state index is 12.2. The fourth-order valence-corrected chi connectivity index (χ4v) is 3.20. The Labute approximate surface area is 169 Å². The zero-order valence-corrected chi connectivity index (χ0v) is 16.2. The Kier molecular flexibility index (Phi) is 6.40. The van der Waals surface area contributed by atoms with Crippen molar-refractivity contribution < 1.29 is 4.74 Å². The lowest BCUT2D eigenvalue weighted by atomic mass is 10.1. The van der Waals surface area contributed by atoms with Gasteiger partial charge in [0.25, 0.3) is 5.56 Å². The molecular formula is C19H13Cl2N3O2S. The van der Waals surface area contributed by atoms with Gasteiger partial charge < -0.3 is 9.72 Å². The number of hydrogen-bond donors (Lipinski definition) is 1. The maximum atomic E-state index is 12.2. The number of nitrogens with one attached hydrogen (secondary N) is 1. The molecule has 0 amide bonds. The van der Waals surface area contributed by atoms with Crippen molar-refractivity contribution in [1.82, 2.24) is 9.97 Å². The number of nitriles is 1. The summed E-state index contributed by atoms with van der Waals surface area (Å²) in [5.41, 5.74) is 0.484. The van der Waals surface area contributed by atoms with Crippen LogP contribution in [0.4, 0.5) is 0 Å². The summed E-state index contributed by atoms with van der Waals surface area (Å²) in [6.45, 7) is 0.423. The van der Waals surface area contributed by atoms with E-state index >= 15 is 0 Å². The number of nitrogens with zero attached hydrogens (tertiary/aromatic N) is 2. The molecule has 0 aliphatic heterocycles. The summed E-state index contributed by atoms with van der Waals surface area (Å²) < 4.78 is 5.62. The minimum atomic E-state index is -0.474. The summed E-state index contributed by atoms with van der Waals surface area (Å²) in [6.07, 6.45) is 0. The first-order valence-electron chi connectivity index (χ1n) is 7.88. The zero-order chi connectivity index (χ0) is 19.2. The summed E-state index contributed by atoms with van der Waals surface area (Å²) in [7, 11) is 0. The van der Waals surface area contributed by atoms with E-state index in [0.29, 0.717) is 44.6 Å². The Bertz CT molecular complexity index is 1030. The minimum absolute atomic E-state index is 0.0286. The predicted octanol–water partition coefficient (Wildman–Crippen LogP) is 4.79. The van der Waals surface area contributed by atoms with Crippen molar-refractivity contribution in [3.63, 3.8) is 0 Å². The van der Waals surface area contributed by atoms with Crippen LogP contribution in [0.2, 0.25) is 10.0 Å². The smallest absolute Gasteiger partial charge is 0.270 e. The number of halogens is 2. The lowest BCUT2D eigenvalue weighted by Crippen LogP contribution is -2.15. The van der Waals surface area contributed by atoms with Crippen LogP contribution in [0.25, 0.3) is 11.3 Å². The molecule has 2 aromatic carbocycles. The molecule has 0 saturated heterocycles. The molecule has 1 heterocycles. The van der Waals surface area contributed by atoms with Gasteiger partial charge in [-0.3, -0.25) is 4.79 Å². The van der Waals surface area contributed by atoms with Gasteiger partial charge in [0.05, 0.1) is 12.3 Å². The highest BCUT2D eigenvalue weighted by Gasteiger charge is 2.13. The van der Waals surface area contributed by atoms with Gasteiger partial charge in [0.15, 0.2) is 5.16 Å². The van der Waals surface area contributed by atoms with Gasteiger partial charge in [-0.15, -0.1) is 0 Å². The van der Waals surface area contributed by atoms with E-state index in [1.54, 1.807) is 48.5 Å². The van der Waals surface area contributed by atoms with Gasteiger partial charge in [0.2, 0.25) is 0 Å². The number of ether oxygens (including phenoxy) is 1. The van der Waals surface area contributed by atoms with Gasteiger partial charge in [-0.1, -0.05) is 47.1 Å². The number of thioether (sulfide) groups is 1. The number of aromatic amines is 1. The molecule has 0 atom stereocenters. The van der Waals surface area contributed by atoms with Crippen molar-refractivity contribution in [2.24, 2.45) is 0 Å². The van der Waals surface area contributed by atoms with E-state index in [9.17, 15) is 10.1 Å². The van der Waals surface area contributed by atoms with Crippen LogP contribution in [0.1, 0.15) is 5.56 Å². The average molecular weight is 418 g/mol. The van der Waals surface area contributed by atoms with Crippen LogP contribution in [0.3, 0.4) is 0 Å². The molecule has 8 heteroatoms. The Morgan fingerprint density at radius 3 is 2.33 bits per heavy atom. The lowest BCUT2D eigenvalue weighted by Gasteiger charge is -2.08. The number of rotatable bonds is 6. The van der Waals surface area contributed by atoms with Crippen molar-refractivity contribution in [1.29, 1.82) is 5.26 Å². The van der Waals surface area contributed by atoms with Crippen LogP contribution >= 0.6 is 35.0 Å². The minimum Gasteiger partial charge on any atom is -0.493 e. The van der Waals surface area contributed by atoms with Crippen molar-refractivity contribution in [2.75, 3.05) is 12.4 Å². The average Bonchev–Trinajstić information content (AvgIpc) is 2.67. The molecule has 1 aromatic heterocycles. The first-order chi connectivity index (χ1) is 13.1. The standard InChI is InChI=1S/C19H13Cl2N3O2S/c20-13-3-1-12(2-4-13)17-16(11-22)18(25)24-19(23-17)27-10-9-26-15-7-5-14(21)6-8-15/h1-8H,9-10H2,(H,23,24,25). The molecule has 1 N–H and O–H groups in total. The topological polar surface area (TPSA) is 78.8 Å². The lowest BCUT2D eigenvalue weighted by molar-refractivity contribution is 0.344. The highest BCUT2D eigenvalue weighted by molar-refractivity contribution is 7.99. The van der Waals surface area contributed by atoms with Crippen molar-refractivity contribution in [3.05, 3.63) is 74.5 Å².